The van der Waals surface area contributed by atoms with Gasteiger partial charge in [-0.1, -0.05) is 0 Å². The highest BCUT2D eigenvalue weighted by Crippen LogP contribution is 2.07. The molecule has 0 unspecified atom stereocenters. The first-order valence-electron chi connectivity index (χ1n) is 10.9. The first kappa shape index (κ1) is 32.9. The van der Waals surface area contributed by atoms with E-state index in [0.29, 0.717) is 39.6 Å². The Hall–Kier alpha value is -2.13. The molecule has 0 radical (unpaired) electrons. The van der Waals surface area contributed by atoms with Gasteiger partial charge in [0.15, 0.2) is 0 Å². The molecule has 0 fully saturated rings. The van der Waals surface area contributed by atoms with Crippen molar-refractivity contribution in [3.8, 4) is 0 Å². The fourth-order valence-corrected chi connectivity index (χ4v) is 2.55. The zero-order valence-corrected chi connectivity index (χ0v) is 19.7. The van der Waals surface area contributed by atoms with Crippen LogP contribution in [-0.2, 0) is 40.3 Å². The van der Waals surface area contributed by atoms with E-state index < -0.39 is 14.5 Å². The third-order valence-corrected chi connectivity index (χ3v) is 4.02. The van der Waals surface area contributed by atoms with E-state index >= 15 is 0 Å². The highest BCUT2D eigenvalue weighted by atomic mass is 19.5. The summed E-state index contributed by atoms with van der Waals surface area (Å²) in [7, 11) is -12.0. The molecule has 0 bridgehead atoms. The molecular weight excluding hydrogens is 494 g/mol. The normalized spacial score (nSPS) is 11.5. The number of imidazole rings is 2. The van der Waals surface area contributed by atoms with Gasteiger partial charge in [0.2, 0.25) is 6.33 Å². The zero-order chi connectivity index (χ0) is 26.7. The van der Waals surface area contributed by atoms with Crippen LogP contribution in [0.3, 0.4) is 0 Å². The molecule has 0 saturated heterocycles. The number of nitrogens with one attached hydrogen (secondary N) is 1. The average molecular weight is 526 g/mol. The predicted octanol–water partition coefficient (Wildman–Crippen LogP) is 3.32. The Morgan fingerprint density at radius 2 is 1.29 bits per heavy atom. The van der Waals surface area contributed by atoms with Gasteiger partial charge in [-0.3, -0.25) is 0 Å². The first-order valence-corrected chi connectivity index (χ1v) is 10.9. The Kier molecular flexibility index (Phi) is 17.1. The van der Waals surface area contributed by atoms with Crippen molar-refractivity contribution in [1.29, 1.82) is 0 Å². The second-order valence-electron chi connectivity index (χ2n) is 6.75. The minimum absolute atomic E-state index is 0.607. The highest BCUT2D eigenvalue weighted by Gasteiger charge is 2.21. The van der Waals surface area contributed by atoms with E-state index in [0.717, 1.165) is 26.1 Å². The number of rotatable bonds is 14. The number of H-pyrrole nitrogens is 1. The molecule has 7 nitrogen and oxygen atoms in total. The Morgan fingerprint density at radius 1 is 0.771 bits per heavy atom. The van der Waals surface area contributed by atoms with Gasteiger partial charge in [-0.15, -0.1) is 0 Å². The molecule has 0 spiro atoms. The largest absolute Gasteiger partial charge is 0.673 e. The van der Waals surface area contributed by atoms with E-state index in [1.807, 2.05) is 6.20 Å². The Bertz CT molecular complexity index is 752. The van der Waals surface area contributed by atoms with Crippen LogP contribution in [0.1, 0.15) is 19.7 Å². The van der Waals surface area contributed by atoms with Crippen molar-refractivity contribution in [1.82, 2.24) is 9.13 Å². The van der Waals surface area contributed by atoms with E-state index in [4.69, 9.17) is 14.2 Å². The average Bonchev–Trinajstić information content (AvgIpc) is 3.38. The summed E-state index contributed by atoms with van der Waals surface area (Å²) in [6, 6.07) is 0. The van der Waals surface area contributed by atoms with Crippen molar-refractivity contribution < 1.29 is 58.3 Å². The maximum absolute atomic E-state index is 9.75. The fourth-order valence-electron chi connectivity index (χ4n) is 2.55. The van der Waals surface area contributed by atoms with Gasteiger partial charge >= 0.3 is 14.5 Å². The molecule has 0 aliphatic rings. The number of ether oxygens (including phenoxy) is 3. The number of hydrogen-bond donors (Lipinski definition) is 0. The maximum Gasteiger partial charge on any atom is 0.673 e. The number of nitrogens with zero attached hydrogens (tertiary/aromatic N) is 3. The van der Waals surface area contributed by atoms with Crippen LogP contribution in [0.25, 0.3) is 0 Å². The van der Waals surface area contributed by atoms with E-state index in [-0.39, 0.29) is 0 Å². The summed E-state index contributed by atoms with van der Waals surface area (Å²) >= 11 is 0. The van der Waals surface area contributed by atoms with E-state index in [9.17, 15) is 34.5 Å². The predicted molar refractivity (Wildman–Crippen MR) is 113 cm³/mol. The van der Waals surface area contributed by atoms with E-state index in [2.05, 4.69) is 57.5 Å². The third kappa shape index (κ3) is 23.4. The Labute approximate surface area is 199 Å². The third-order valence-electron chi connectivity index (χ3n) is 4.02. The summed E-state index contributed by atoms with van der Waals surface area (Å²) in [5, 5.41) is 0. The summed E-state index contributed by atoms with van der Waals surface area (Å²) in [4.78, 5) is 3.24. The summed E-state index contributed by atoms with van der Waals surface area (Å²) < 4.78 is 101. The summed E-state index contributed by atoms with van der Waals surface area (Å²) in [6.45, 7) is 11.0. The lowest BCUT2D eigenvalue weighted by Gasteiger charge is -2.06. The minimum Gasteiger partial charge on any atom is -0.418 e. The molecule has 2 rings (SSSR count). The molecule has 2 aromatic heterocycles. The summed E-state index contributed by atoms with van der Waals surface area (Å²) in [6.07, 6.45) is 11.1. The number of aromatic amines is 1. The second-order valence-corrected chi connectivity index (χ2v) is 6.75. The minimum atomic E-state index is -6.00. The lowest BCUT2D eigenvalue weighted by molar-refractivity contribution is -0.698. The molecule has 1 N–H and O–H groups in total. The molecule has 2 aromatic rings. The van der Waals surface area contributed by atoms with Crippen LogP contribution in [0, 0.1) is 0 Å². The van der Waals surface area contributed by atoms with Crippen LogP contribution < -0.4 is 9.55 Å². The van der Waals surface area contributed by atoms with Crippen molar-refractivity contribution in [2.75, 3.05) is 39.6 Å². The Balaban J connectivity index is 0.000000975. The molecule has 17 heteroatoms. The van der Waals surface area contributed by atoms with Crippen molar-refractivity contribution in [2.24, 2.45) is 0 Å². The van der Waals surface area contributed by atoms with Gasteiger partial charge in [0.25, 0.3) is 5.82 Å². The fraction of sp³-hybridized carbons (Fsp3) is 0.667. The van der Waals surface area contributed by atoms with Gasteiger partial charge in [0.05, 0.1) is 59.2 Å². The molecule has 0 atom stereocenters. The molecule has 2 heterocycles. The van der Waals surface area contributed by atoms with Gasteiger partial charge < -0.3 is 48.7 Å². The lowest BCUT2D eigenvalue weighted by atomic mass is 10.3. The van der Waals surface area contributed by atoms with Crippen LogP contribution >= 0.6 is 0 Å². The maximum atomic E-state index is 9.75. The van der Waals surface area contributed by atoms with Gasteiger partial charge in [0, 0.05) is 0 Å². The highest BCUT2D eigenvalue weighted by molar-refractivity contribution is 6.50. The SMILES string of the molecule is CCn1cc[n+](CCOCCOCCOCCc2[nH+]ccn2CC)c1.F[B-](F)(F)F.F[B-](F)(F)F. The lowest BCUT2D eigenvalue weighted by Crippen LogP contribution is -2.33. The molecule has 0 aliphatic heterocycles. The van der Waals surface area contributed by atoms with Gasteiger partial charge in [0.1, 0.15) is 31.3 Å². The number of aryl methyl sites for hydroxylation is 2. The van der Waals surface area contributed by atoms with Crippen LogP contribution in [0.4, 0.5) is 34.5 Å². The molecule has 0 saturated carbocycles. The summed E-state index contributed by atoms with van der Waals surface area (Å²) in [5.74, 6) is 1.20. The summed E-state index contributed by atoms with van der Waals surface area (Å²) in [5.41, 5.74) is 0. The van der Waals surface area contributed by atoms with Crippen LogP contribution in [0.15, 0.2) is 31.1 Å². The smallest absolute Gasteiger partial charge is 0.418 e. The van der Waals surface area contributed by atoms with Crippen LogP contribution in [0.5, 0.6) is 0 Å². The molecule has 35 heavy (non-hydrogen) atoms. The number of halogens is 8. The number of hydrogen-bond acceptors (Lipinski definition) is 3. The second kappa shape index (κ2) is 18.2. The number of aromatic nitrogens is 4. The Morgan fingerprint density at radius 3 is 1.77 bits per heavy atom. The van der Waals surface area contributed by atoms with Crippen molar-refractivity contribution in [2.45, 2.75) is 39.9 Å². The zero-order valence-electron chi connectivity index (χ0n) is 19.7. The van der Waals surface area contributed by atoms with Crippen molar-refractivity contribution >= 4 is 14.5 Å². The van der Waals surface area contributed by atoms with E-state index in [1.165, 1.54) is 5.82 Å². The molecule has 0 amide bonds. The molecular formula is C18H32B2F8N4O3. The molecule has 204 valence electrons. The van der Waals surface area contributed by atoms with Gasteiger partial charge in [-0.25, -0.2) is 18.7 Å². The van der Waals surface area contributed by atoms with Crippen LogP contribution in [-0.4, -0.2) is 63.3 Å². The topological polar surface area (TPSA) is 55.6 Å². The van der Waals surface area contributed by atoms with Crippen molar-refractivity contribution in [3.63, 3.8) is 0 Å². The molecule has 0 aliphatic carbocycles. The van der Waals surface area contributed by atoms with E-state index in [1.54, 1.807) is 0 Å². The standard InChI is InChI=1S/C18H31N4O3.2BF4/c1-3-20-8-9-21(17-20)10-12-24-14-16-25-15-13-23-11-5-18-19-6-7-22(18)4-2;2*2-1(3,4)5/h6-9,17H,3-5,10-16H2,1-2H3;;/q+1;2*-1/p+1. The van der Waals surface area contributed by atoms with Crippen molar-refractivity contribution in [3.05, 3.63) is 36.9 Å². The molecule has 0 aromatic carbocycles. The van der Waals surface area contributed by atoms with Gasteiger partial charge in [-0.05, 0) is 13.8 Å². The van der Waals surface area contributed by atoms with Crippen LogP contribution in [0.2, 0.25) is 0 Å². The monoisotopic (exact) mass is 526 g/mol. The van der Waals surface area contributed by atoms with Gasteiger partial charge in [-0.2, -0.15) is 0 Å². The quantitative estimate of drug-likeness (QED) is 0.164. The first-order chi connectivity index (χ1) is 16.3.